The summed E-state index contributed by atoms with van der Waals surface area (Å²) in [5.74, 6) is 0.381. The average Bonchev–Trinajstić information content (AvgIpc) is 2.35. The maximum atomic E-state index is 12.2. The summed E-state index contributed by atoms with van der Waals surface area (Å²) in [6.45, 7) is 0.726. The summed E-state index contributed by atoms with van der Waals surface area (Å²) in [6.07, 6.45) is 4.17. The zero-order chi connectivity index (χ0) is 11.8. The van der Waals surface area contributed by atoms with Gasteiger partial charge in [0.1, 0.15) is 0 Å². The van der Waals surface area contributed by atoms with Gasteiger partial charge in [0.05, 0.1) is 12.0 Å². The van der Waals surface area contributed by atoms with Crippen molar-refractivity contribution < 1.29 is 4.79 Å². The second-order valence-electron chi connectivity index (χ2n) is 4.70. The zero-order valence-electron chi connectivity index (χ0n) is 9.47. The van der Waals surface area contributed by atoms with Crippen LogP contribution < -0.4 is 0 Å². The average molecular weight is 292 g/mol. The fraction of sp³-hybridized carbons (Fsp3) is 0.357. The van der Waals surface area contributed by atoms with Gasteiger partial charge in [-0.05, 0) is 18.4 Å². The first-order valence-corrected chi connectivity index (χ1v) is 6.76. The van der Waals surface area contributed by atoms with Gasteiger partial charge in [-0.25, -0.2) is 0 Å². The summed E-state index contributed by atoms with van der Waals surface area (Å²) in [4.78, 5) is 14.2. The van der Waals surface area contributed by atoms with E-state index in [1.807, 2.05) is 23.1 Å². The van der Waals surface area contributed by atoms with Crippen molar-refractivity contribution in [1.82, 2.24) is 4.90 Å². The quantitative estimate of drug-likeness (QED) is 0.820. The molecule has 1 aromatic carbocycles. The molecule has 2 atom stereocenters. The molecule has 1 saturated heterocycles. The fourth-order valence-electron chi connectivity index (χ4n) is 2.70. The van der Waals surface area contributed by atoms with Crippen LogP contribution in [0.15, 0.2) is 40.9 Å². The third-order valence-corrected chi connectivity index (χ3v) is 4.39. The summed E-state index contributed by atoms with van der Waals surface area (Å²) in [5, 5.41) is 0. The SMILES string of the molecule is O=C1C2C=C(Br)C(CC2)N1Cc1ccccc1. The molecule has 0 spiro atoms. The fourth-order valence-corrected chi connectivity index (χ4v) is 3.49. The van der Waals surface area contributed by atoms with Crippen LogP contribution in [-0.2, 0) is 11.3 Å². The van der Waals surface area contributed by atoms with Crippen molar-refractivity contribution in [3.8, 4) is 0 Å². The van der Waals surface area contributed by atoms with Gasteiger partial charge in [-0.1, -0.05) is 52.3 Å². The number of hydrogen-bond acceptors (Lipinski definition) is 1. The van der Waals surface area contributed by atoms with E-state index >= 15 is 0 Å². The molecule has 2 unspecified atom stereocenters. The lowest BCUT2D eigenvalue weighted by Gasteiger charge is -2.43. The van der Waals surface area contributed by atoms with Crippen LogP contribution in [0.1, 0.15) is 18.4 Å². The highest BCUT2D eigenvalue weighted by molar-refractivity contribution is 9.11. The van der Waals surface area contributed by atoms with Crippen LogP contribution >= 0.6 is 15.9 Å². The molecule has 2 aliphatic heterocycles. The Kier molecular flexibility index (Phi) is 2.79. The lowest BCUT2D eigenvalue weighted by atomic mass is 9.85. The third kappa shape index (κ3) is 1.93. The van der Waals surface area contributed by atoms with Gasteiger partial charge in [0.15, 0.2) is 0 Å². The summed E-state index contributed by atoms with van der Waals surface area (Å²) in [5.41, 5.74) is 1.20. The van der Waals surface area contributed by atoms with Crippen LogP contribution in [0.25, 0.3) is 0 Å². The van der Waals surface area contributed by atoms with Crippen LogP contribution in [0, 0.1) is 5.92 Å². The molecular weight excluding hydrogens is 278 g/mol. The number of carbonyl (C=O) groups excluding carboxylic acids is 1. The summed E-state index contributed by atoms with van der Waals surface area (Å²) >= 11 is 3.59. The molecule has 2 bridgehead atoms. The van der Waals surface area contributed by atoms with Crippen LogP contribution in [0.5, 0.6) is 0 Å². The Morgan fingerprint density at radius 3 is 2.71 bits per heavy atom. The summed E-state index contributed by atoms with van der Waals surface area (Å²) in [6, 6.07) is 10.5. The van der Waals surface area contributed by atoms with E-state index in [0.717, 1.165) is 19.4 Å². The molecule has 1 aliphatic carbocycles. The predicted octanol–water partition coefficient (Wildman–Crippen LogP) is 3.09. The molecule has 0 N–H and O–H groups in total. The van der Waals surface area contributed by atoms with E-state index < -0.39 is 0 Å². The van der Waals surface area contributed by atoms with E-state index in [-0.39, 0.29) is 17.9 Å². The lowest BCUT2D eigenvalue weighted by molar-refractivity contribution is -0.140. The van der Waals surface area contributed by atoms with Gasteiger partial charge >= 0.3 is 0 Å². The Balaban J connectivity index is 1.85. The van der Waals surface area contributed by atoms with E-state index in [9.17, 15) is 4.79 Å². The minimum absolute atomic E-state index is 0.0955. The van der Waals surface area contributed by atoms with Crippen LogP contribution in [0.2, 0.25) is 0 Å². The van der Waals surface area contributed by atoms with Crippen LogP contribution in [-0.4, -0.2) is 16.8 Å². The Hall–Kier alpha value is -1.09. The van der Waals surface area contributed by atoms with Gasteiger partial charge in [-0.15, -0.1) is 0 Å². The second-order valence-corrected chi connectivity index (χ2v) is 5.62. The Labute approximate surface area is 109 Å². The van der Waals surface area contributed by atoms with Gasteiger partial charge in [0.2, 0.25) is 5.91 Å². The van der Waals surface area contributed by atoms with Gasteiger partial charge in [0.25, 0.3) is 0 Å². The topological polar surface area (TPSA) is 20.3 Å². The predicted molar refractivity (Wildman–Crippen MR) is 70.5 cm³/mol. The normalized spacial score (nSPS) is 27.2. The Bertz CT molecular complexity index is 468. The number of benzene rings is 1. The number of piperidine rings is 1. The van der Waals surface area contributed by atoms with Gasteiger partial charge in [-0.3, -0.25) is 4.79 Å². The number of amides is 1. The maximum absolute atomic E-state index is 12.2. The van der Waals surface area contributed by atoms with E-state index in [4.69, 9.17) is 0 Å². The standard InChI is InChI=1S/C14H14BrNO/c15-12-8-11-6-7-13(12)16(14(11)17)9-10-4-2-1-3-5-10/h1-5,8,11,13H,6-7,9H2. The van der Waals surface area contributed by atoms with Crippen molar-refractivity contribution in [1.29, 1.82) is 0 Å². The zero-order valence-corrected chi connectivity index (χ0v) is 11.1. The molecule has 0 saturated carbocycles. The highest BCUT2D eigenvalue weighted by Crippen LogP contribution is 2.38. The molecule has 1 fully saturated rings. The minimum atomic E-state index is 0.0955. The first-order chi connectivity index (χ1) is 8.25. The minimum Gasteiger partial charge on any atom is -0.330 e. The van der Waals surface area contributed by atoms with Gasteiger partial charge in [-0.2, -0.15) is 0 Å². The second kappa shape index (κ2) is 4.30. The molecule has 1 amide bonds. The smallest absolute Gasteiger partial charge is 0.230 e. The number of nitrogens with zero attached hydrogens (tertiary/aromatic N) is 1. The molecule has 0 radical (unpaired) electrons. The molecule has 17 heavy (non-hydrogen) atoms. The molecule has 2 nitrogen and oxygen atoms in total. The van der Waals surface area contributed by atoms with Crippen molar-refractivity contribution >= 4 is 21.8 Å². The molecule has 88 valence electrons. The molecule has 1 aromatic rings. The number of halogens is 1. The van der Waals surface area contributed by atoms with Crippen molar-refractivity contribution in [2.24, 2.45) is 5.92 Å². The van der Waals surface area contributed by atoms with Crippen LogP contribution in [0.3, 0.4) is 0 Å². The number of hydrogen-bond donors (Lipinski definition) is 0. The molecule has 2 heterocycles. The first kappa shape index (κ1) is 11.0. The Morgan fingerprint density at radius 1 is 1.24 bits per heavy atom. The summed E-state index contributed by atoms with van der Waals surface area (Å²) in [7, 11) is 0. The highest BCUT2D eigenvalue weighted by atomic mass is 79.9. The molecular formula is C14H14BrNO. The van der Waals surface area contributed by atoms with E-state index in [1.54, 1.807) is 0 Å². The first-order valence-electron chi connectivity index (χ1n) is 5.97. The van der Waals surface area contributed by atoms with Gasteiger partial charge in [0, 0.05) is 11.0 Å². The van der Waals surface area contributed by atoms with Crippen molar-refractivity contribution in [3.63, 3.8) is 0 Å². The van der Waals surface area contributed by atoms with E-state index in [2.05, 4.69) is 34.1 Å². The largest absolute Gasteiger partial charge is 0.330 e. The molecule has 3 heteroatoms. The number of fused-ring (bicyclic) bond motifs is 2. The summed E-state index contributed by atoms with van der Waals surface area (Å²) < 4.78 is 1.18. The highest BCUT2D eigenvalue weighted by Gasteiger charge is 2.39. The van der Waals surface area contributed by atoms with Crippen molar-refractivity contribution in [2.45, 2.75) is 25.4 Å². The van der Waals surface area contributed by atoms with Crippen molar-refractivity contribution in [3.05, 3.63) is 46.5 Å². The monoisotopic (exact) mass is 291 g/mol. The molecule has 3 aliphatic rings. The number of carbonyl (C=O) groups is 1. The third-order valence-electron chi connectivity index (χ3n) is 3.60. The van der Waals surface area contributed by atoms with E-state index in [1.165, 1.54) is 10.0 Å². The lowest BCUT2D eigenvalue weighted by Crippen LogP contribution is -2.50. The molecule has 4 rings (SSSR count). The maximum Gasteiger partial charge on any atom is 0.230 e. The Morgan fingerprint density at radius 2 is 2.00 bits per heavy atom. The number of rotatable bonds is 2. The van der Waals surface area contributed by atoms with Crippen LogP contribution in [0.4, 0.5) is 0 Å². The molecule has 0 aromatic heterocycles. The van der Waals surface area contributed by atoms with Gasteiger partial charge < -0.3 is 4.90 Å². The van der Waals surface area contributed by atoms with E-state index in [0.29, 0.717) is 0 Å². The van der Waals surface area contributed by atoms with Crippen molar-refractivity contribution in [2.75, 3.05) is 0 Å².